The molecule has 1 aliphatic heterocycles. The molecule has 0 aliphatic carbocycles. The number of nitrogens with one attached hydrogen (secondary N) is 1. The molecule has 1 aliphatic rings. The number of carbonyl (C=O) groups is 1. The summed E-state index contributed by atoms with van der Waals surface area (Å²) in [6.07, 6.45) is -2.79. The third kappa shape index (κ3) is 4.36. The number of aromatic nitrogens is 2. The second-order valence-corrected chi connectivity index (χ2v) is 5.66. The van der Waals surface area contributed by atoms with Crippen LogP contribution in [0.15, 0.2) is 28.8 Å². The molecule has 1 atom stereocenters. The van der Waals surface area contributed by atoms with E-state index in [1.807, 2.05) is 0 Å². The second-order valence-electron chi connectivity index (χ2n) is 5.66. The standard InChI is InChI=1S/C16H16F3N3O3/c17-16(18,19)15-21-13(22-25-15)11-5-3-10(4-6-11)7-8-20-14(23)12-2-1-9-24-12/h3-6,12H,1-2,7-9H2,(H,20,23). The Bertz CT molecular complexity index is 722. The van der Waals surface area contributed by atoms with Crippen LogP contribution in [0.3, 0.4) is 0 Å². The van der Waals surface area contributed by atoms with E-state index in [2.05, 4.69) is 20.0 Å². The van der Waals surface area contributed by atoms with Crippen molar-refractivity contribution in [2.24, 2.45) is 0 Å². The molecule has 0 spiro atoms. The van der Waals surface area contributed by atoms with E-state index >= 15 is 0 Å². The third-order valence-electron chi connectivity index (χ3n) is 3.82. The Labute approximate surface area is 141 Å². The molecule has 1 aromatic heterocycles. The number of halogens is 3. The highest BCUT2D eigenvalue weighted by Crippen LogP contribution is 2.29. The van der Waals surface area contributed by atoms with Crippen LogP contribution < -0.4 is 5.32 Å². The van der Waals surface area contributed by atoms with Gasteiger partial charge in [0.2, 0.25) is 11.7 Å². The predicted octanol–water partition coefficient (Wildman–Crippen LogP) is 2.59. The van der Waals surface area contributed by atoms with Gasteiger partial charge < -0.3 is 14.6 Å². The number of amides is 1. The summed E-state index contributed by atoms with van der Waals surface area (Å²) in [6, 6.07) is 6.72. The lowest BCUT2D eigenvalue weighted by atomic mass is 10.1. The van der Waals surface area contributed by atoms with Gasteiger partial charge in [-0.2, -0.15) is 18.2 Å². The SMILES string of the molecule is O=C(NCCc1ccc(-c2noc(C(F)(F)F)n2)cc1)C1CCCO1. The average molecular weight is 355 g/mol. The first-order chi connectivity index (χ1) is 11.9. The van der Waals surface area contributed by atoms with Gasteiger partial charge in [-0.1, -0.05) is 29.4 Å². The van der Waals surface area contributed by atoms with Crippen molar-refractivity contribution in [3.63, 3.8) is 0 Å². The Kier molecular flexibility index (Phi) is 5.03. The largest absolute Gasteiger partial charge is 0.471 e. The summed E-state index contributed by atoms with van der Waals surface area (Å²) >= 11 is 0. The van der Waals surface area contributed by atoms with Gasteiger partial charge in [0.05, 0.1) is 0 Å². The Morgan fingerprint density at radius 1 is 1.28 bits per heavy atom. The molecule has 134 valence electrons. The fourth-order valence-corrected chi connectivity index (χ4v) is 2.50. The molecule has 1 N–H and O–H groups in total. The molecular formula is C16H16F3N3O3. The maximum atomic E-state index is 12.5. The third-order valence-corrected chi connectivity index (χ3v) is 3.82. The van der Waals surface area contributed by atoms with Gasteiger partial charge in [-0.3, -0.25) is 4.79 Å². The lowest BCUT2D eigenvalue weighted by Crippen LogP contribution is -2.35. The maximum Gasteiger partial charge on any atom is 0.471 e. The predicted molar refractivity (Wildman–Crippen MR) is 80.4 cm³/mol. The number of hydrogen-bond acceptors (Lipinski definition) is 5. The summed E-state index contributed by atoms with van der Waals surface area (Å²) in [5, 5.41) is 6.15. The zero-order valence-corrected chi connectivity index (χ0v) is 13.2. The van der Waals surface area contributed by atoms with E-state index in [-0.39, 0.29) is 17.8 Å². The Hall–Kier alpha value is -2.42. The highest BCUT2D eigenvalue weighted by atomic mass is 19.4. The molecule has 3 rings (SSSR count). The topological polar surface area (TPSA) is 77.3 Å². The number of nitrogens with zero attached hydrogens (tertiary/aromatic N) is 2. The fraction of sp³-hybridized carbons (Fsp3) is 0.438. The van der Waals surface area contributed by atoms with Gasteiger partial charge in [-0.25, -0.2) is 0 Å². The summed E-state index contributed by atoms with van der Waals surface area (Å²) in [7, 11) is 0. The lowest BCUT2D eigenvalue weighted by Gasteiger charge is -2.10. The number of ether oxygens (including phenoxy) is 1. The fourth-order valence-electron chi connectivity index (χ4n) is 2.50. The van der Waals surface area contributed by atoms with Crippen LogP contribution in [0.2, 0.25) is 0 Å². The summed E-state index contributed by atoms with van der Waals surface area (Å²) in [6.45, 7) is 1.07. The van der Waals surface area contributed by atoms with Crippen LogP contribution in [0.4, 0.5) is 13.2 Å². The highest BCUT2D eigenvalue weighted by Gasteiger charge is 2.38. The van der Waals surface area contributed by atoms with E-state index in [9.17, 15) is 18.0 Å². The number of benzene rings is 1. The highest BCUT2D eigenvalue weighted by molar-refractivity contribution is 5.80. The van der Waals surface area contributed by atoms with Crippen LogP contribution in [0.1, 0.15) is 24.3 Å². The molecule has 25 heavy (non-hydrogen) atoms. The maximum absolute atomic E-state index is 12.5. The first-order valence-corrected chi connectivity index (χ1v) is 7.83. The van der Waals surface area contributed by atoms with Crippen LogP contribution in [-0.4, -0.2) is 35.3 Å². The van der Waals surface area contributed by atoms with E-state index < -0.39 is 12.1 Å². The first kappa shape index (κ1) is 17.4. The summed E-state index contributed by atoms with van der Waals surface area (Å²) < 4.78 is 46.9. The number of rotatable bonds is 5. The summed E-state index contributed by atoms with van der Waals surface area (Å²) in [5.41, 5.74) is 1.35. The molecule has 0 radical (unpaired) electrons. The molecule has 1 aromatic carbocycles. The van der Waals surface area contributed by atoms with E-state index in [1.165, 1.54) is 0 Å². The normalized spacial score (nSPS) is 17.6. The summed E-state index contributed by atoms with van der Waals surface area (Å²) in [4.78, 5) is 15.1. The lowest BCUT2D eigenvalue weighted by molar-refractivity contribution is -0.159. The first-order valence-electron chi connectivity index (χ1n) is 7.83. The molecule has 2 heterocycles. The van der Waals surface area contributed by atoms with Crippen molar-refractivity contribution < 1.29 is 27.2 Å². The monoisotopic (exact) mass is 355 g/mol. The van der Waals surface area contributed by atoms with Gasteiger partial charge in [-0.05, 0) is 24.8 Å². The minimum atomic E-state index is -4.66. The van der Waals surface area contributed by atoms with Crippen LogP contribution in [-0.2, 0) is 22.1 Å². The van der Waals surface area contributed by atoms with Crippen molar-refractivity contribution in [3.8, 4) is 11.4 Å². The Morgan fingerprint density at radius 2 is 2.04 bits per heavy atom. The van der Waals surface area contributed by atoms with Crippen molar-refractivity contribution in [1.82, 2.24) is 15.5 Å². The van der Waals surface area contributed by atoms with Crippen LogP contribution >= 0.6 is 0 Å². The van der Waals surface area contributed by atoms with Crippen LogP contribution in [0.5, 0.6) is 0 Å². The molecule has 1 amide bonds. The van der Waals surface area contributed by atoms with Crippen molar-refractivity contribution in [2.45, 2.75) is 31.5 Å². The minimum absolute atomic E-state index is 0.111. The number of carbonyl (C=O) groups excluding carboxylic acids is 1. The molecule has 0 bridgehead atoms. The van der Waals surface area contributed by atoms with E-state index in [4.69, 9.17) is 4.74 Å². The quantitative estimate of drug-likeness (QED) is 0.892. The van der Waals surface area contributed by atoms with E-state index in [0.29, 0.717) is 25.1 Å². The van der Waals surface area contributed by atoms with Crippen molar-refractivity contribution >= 4 is 5.91 Å². The van der Waals surface area contributed by atoms with Crippen LogP contribution in [0, 0.1) is 0 Å². The molecule has 2 aromatic rings. The molecule has 6 nitrogen and oxygen atoms in total. The van der Waals surface area contributed by atoms with Gasteiger partial charge in [0.1, 0.15) is 6.10 Å². The second kappa shape index (κ2) is 7.22. The average Bonchev–Trinajstić information content (AvgIpc) is 3.27. The molecule has 1 fully saturated rings. The van der Waals surface area contributed by atoms with Gasteiger partial charge in [0.15, 0.2) is 0 Å². The zero-order chi connectivity index (χ0) is 17.9. The molecule has 0 saturated carbocycles. The summed E-state index contributed by atoms with van der Waals surface area (Å²) in [5.74, 6) is -1.60. The van der Waals surface area contributed by atoms with Crippen molar-refractivity contribution in [1.29, 1.82) is 0 Å². The van der Waals surface area contributed by atoms with Crippen molar-refractivity contribution in [2.75, 3.05) is 13.2 Å². The Morgan fingerprint density at radius 3 is 2.64 bits per heavy atom. The van der Waals surface area contributed by atoms with E-state index in [0.717, 1.165) is 18.4 Å². The van der Waals surface area contributed by atoms with E-state index in [1.54, 1.807) is 24.3 Å². The number of hydrogen-bond donors (Lipinski definition) is 1. The minimum Gasteiger partial charge on any atom is -0.368 e. The molecule has 1 saturated heterocycles. The molecule has 1 unspecified atom stereocenters. The zero-order valence-electron chi connectivity index (χ0n) is 13.2. The van der Waals surface area contributed by atoms with Crippen LogP contribution in [0.25, 0.3) is 11.4 Å². The molecular weight excluding hydrogens is 339 g/mol. The smallest absolute Gasteiger partial charge is 0.368 e. The molecule has 9 heteroatoms. The van der Waals surface area contributed by atoms with Gasteiger partial charge in [0, 0.05) is 18.7 Å². The Balaban J connectivity index is 1.53. The van der Waals surface area contributed by atoms with Crippen molar-refractivity contribution in [3.05, 3.63) is 35.7 Å². The van der Waals surface area contributed by atoms with Gasteiger partial charge in [-0.15, -0.1) is 0 Å². The van der Waals surface area contributed by atoms with Gasteiger partial charge in [0.25, 0.3) is 0 Å². The number of alkyl halides is 3. The van der Waals surface area contributed by atoms with Gasteiger partial charge >= 0.3 is 12.1 Å².